The average molecular weight is 1860 g/mol. The van der Waals surface area contributed by atoms with Gasteiger partial charge in [-0.25, -0.2) is 9.97 Å². The Morgan fingerprint density at radius 3 is 1.52 bits per heavy atom. The molecule has 25 heteroatoms. The minimum Gasteiger partial charge on any atom is -0.398 e. The summed E-state index contributed by atoms with van der Waals surface area (Å²) in [5, 5.41) is 4.85. The fraction of sp³-hybridized carbons (Fsp3) is 0.561. The Hall–Kier alpha value is -3.70. The molecule has 6 aliphatic rings. The molecule has 5 unspecified atom stereocenters. The molecule has 0 amide bonds. The highest BCUT2D eigenvalue weighted by molar-refractivity contribution is 14.1. The third-order valence-corrected chi connectivity index (χ3v) is 22.4. The van der Waals surface area contributed by atoms with Gasteiger partial charge in [0.25, 0.3) is 0 Å². The molecule has 17 nitrogen and oxygen atoms in total. The zero-order chi connectivity index (χ0) is 77.7. The molecule has 5 N–H and O–H groups in total. The molecule has 107 heavy (non-hydrogen) atoms. The molecule has 590 valence electrons. The fourth-order valence-corrected chi connectivity index (χ4v) is 14.8. The van der Waals surface area contributed by atoms with E-state index >= 15 is 0 Å². The van der Waals surface area contributed by atoms with Crippen molar-refractivity contribution in [2.75, 3.05) is 82.9 Å². The largest absolute Gasteiger partial charge is 0.398 e. The number of aromatic amines is 1. The smallest absolute Gasteiger partial charge is 0.157 e. The number of ether oxygens (including phenoxy) is 10. The number of hydrogen-bond donors (Lipinski definition) is 3. The molecule has 0 saturated carbocycles. The van der Waals surface area contributed by atoms with E-state index in [9.17, 15) is 0 Å². The highest BCUT2D eigenvalue weighted by Crippen LogP contribution is 2.37. The molecule has 0 spiro atoms. The second-order valence-corrected chi connectivity index (χ2v) is 35.7. The fourth-order valence-electron chi connectivity index (χ4n) is 11.3. The zero-order valence-corrected chi connectivity index (χ0v) is 73.2. The van der Waals surface area contributed by atoms with Crippen molar-refractivity contribution in [1.29, 1.82) is 0 Å². The van der Waals surface area contributed by atoms with Crippen LogP contribution >= 0.6 is 108 Å². The number of hydrogen-bond acceptors (Lipinski definition) is 16. The quantitative estimate of drug-likeness (QED) is 0.00943. The standard InChI is InChI=1S/C19H25NO2.C17H24Cl2N2O2Si.C13H20O2.C10H16O2.C9H14O2.C5H3Cl2IN2.C5H5IN2.C4H7Br/c1-2-3-6-15-13-16-8-10-20-14-18(16)17(15)9-12-22-19-7-4-5-11-21-19;1-24(2,3)17-11(7-9-23-14-6-4-5-8-22-14)15-12(20-17)10-13(18)21-16(15)19;1-2-3-4-5-6-8-11-14-13-10-7-9-12-15-13;1-2-3-5-8-11-10-7-4-6-9-12-10;1-2-3-7-10-9-6-4-5-8-11-9;6-3-1-2(9)4(8)5(7)10-3;6-4-3-8-2-1-5(4)7;1-2-3-4-5/h2,8,10,14,19H,1,3-7,9,11-13H2;10,14,20H,4-9H2,1-3H3;2,13H,1,3-4,7-12H2;10H,4-9H2,1H3;1,9H,3-8H2;1H,(H2,9,10);1-3H,(H2,7,8);2H,1,3-4H2. The molecule has 10 heterocycles. The van der Waals surface area contributed by atoms with E-state index in [4.69, 9.17) is 112 Å². The first kappa shape index (κ1) is 95.7. The summed E-state index contributed by atoms with van der Waals surface area (Å²) in [7, 11) is -1.56. The summed E-state index contributed by atoms with van der Waals surface area (Å²) in [5.74, 6) is 14.5. The first-order valence-electron chi connectivity index (χ1n) is 37.3. The molecular formula is C82H114BrCl4I2N7O10Si. The van der Waals surface area contributed by atoms with E-state index in [1.165, 1.54) is 78.1 Å². The lowest BCUT2D eigenvalue weighted by atomic mass is 10.0. The van der Waals surface area contributed by atoms with Crippen LogP contribution in [-0.2, 0) is 60.2 Å². The lowest BCUT2D eigenvalue weighted by Crippen LogP contribution is -2.41. The van der Waals surface area contributed by atoms with Crippen LogP contribution in [0.1, 0.15) is 178 Å². The van der Waals surface area contributed by atoms with E-state index in [2.05, 4.69) is 138 Å². The van der Waals surface area contributed by atoms with Gasteiger partial charge in [0.15, 0.2) is 31.5 Å². The predicted molar refractivity (Wildman–Crippen MR) is 464 cm³/mol. The Morgan fingerprint density at radius 1 is 0.598 bits per heavy atom. The van der Waals surface area contributed by atoms with Crippen molar-refractivity contribution in [3.05, 3.63) is 137 Å². The number of rotatable bonds is 25. The molecule has 0 radical (unpaired) electrons. The molecule has 0 aromatic carbocycles. The van der Waals surface area contributed by atoms with Crippen LogP contribution in [0.5, 0.6) is 0 Å². The van der Waals surface area contributed by atoms with Crippen LogP contribution in [0.4, 0.5) is 11.4 Å². The van der Waals surface area contributed by atoms with Gasteiger partial charge in [0.2, 0.25) is 0 Å². The minimum atomic E-state index is -1.56. The number of terminal acetylenes is 1. The van der Waals surface area contributed by atoms with Gasteiger partial charge in [-0.2, -0.15) is 0 Å². The van der Waals surface area contributed by atoms with Gasteiger partial charge in [0.1, 0.15) is 20.6 Å². The molecule has 5 atom stereocenters. The van der Waals surface area contributed by atoms with Crippen molar-refractivity contribution < 1.29 is 47.4 Å². The van der Waals surface area contributed by atoms with Crippen molar-refractivity contribution in [1.82, 2.24) is 24.9 Å². The third kappa shape index (κ3) is 41.1. The van der Waals surface area contributed by atoms with Gasteiger partial charge in [-0.1, -0.05) is 106 Å². The first-order chi connectivity index (χ1) is 51.9. The van der Waals surface area contributed by atoms with Gasteiger partial charge in [-0.15, -0.1) is 55.8 Å². The number of nitrogens with zero attached hydrogens (tertiary/aromatic N) is 4. The van der Waals surface area contributed by atoms with E-state index in [1.807, 2.05) is 66.2 Å². The number of aromatic nitrogens is 5. The summed E-state index contributed by atoms with van der Waals surface area (Å²) >= 11 is 31.0. The zero-order valence-electron chi connectivity index (χ0n) is 63.3. The number of allylic oxidation sites excluding steroid dienone is 4. The van der Waals surface area contributed by atoms with E-state index in [1.54, 1.807) is 24.5 Å². The Labute approximate surface area is 695 Å². The molecular weight excluding hydrogens is 1750 g/mol. The van der Waals surface area contributed by atoms with Gasteiger partial charge < -0.3 is 63.8 Å². The first-order valence-corrected chi connectivity index (χ1v) is 45.6. The van der Waals surface area contributed by atoms with Crippen molar-refractivity contribution >= 4 is 149 Å². The number of unbranched alkanes of at least 4 members (excludes halogenated alkanes) is 1. The van der Waals surface area contributed by atoms with E-state index < -0.39 is 8.07 Å². The Morgan fingerprint density at radius 2 is 1.07 bits per heavy atom. The molecule has 11 rings (SSSR count). The Kier molecular flexibility index (Phi) is 52.8. The second kappa shape index (κ2) is 59.1. The second-order valence-electron chi connectivity index (χ2n) is 26.2. The predicted octanol–water partition coefficient (Wildman–Crippen LogP) is 21.0. The number of nitrogen functional groups attached to an aromatic ring is 2. The number of halogens is 7. The maximum absolute atomic E-state index is 6.39. The Bertz CT molecular complexity index is 3490. The summed E-state index contributed by atoms with van der Waals surface area (Å²) in [6.45, 7) is 27.3. The van der Waals surface area contributed by atoms with Crippen molar-refractivity contribution in [3.8, 4) is 36.0 Å². The highest BCUT2D eigenvalue weighted by Gasteiger charge is 2.27. The maximum Gasteiger partial charge on any atom is 0.157 e. The molecule has 0 bridgehead atoms. The van der Waals surface area contributed by atoms with Crippen LogP contribution < -0.4 is 16.8 Å². The van der Waals surface area contributed by atoms with Gasteiger partial charge in [0, 0.05) is 105 Å². The molecule has 5 aromatic rings. The lowest BCUT2D eigenvalue weighted by Gasteiger charge is -2.23. The van der Waals surface area contributed by atoms with Gasteiger partial charge in [-0.05, 0) is 240 Å². The highest BCUT2D eigenvalue weighted by atomic mass is 127. The van der Waals surface area contributed by atoms with Crippen molar-refractivity contribution in [2.24, 2.45) is 0 Å². The van der Waals surface area contributed by atoms with Gasteiger partial charge in [0.05, 0.1) is 59.5 Å². The number of nitrogens with two attached hydrogens (primary N) is 2. The summed E-state index contributed by atoms with van der Waals surface area (Å²) < 4.78 is 57.4. The van der Waals surface area contributed by atoms with E-state index in [-0.39, 0.29) is 31.5 Å². The van der Waals surface area contributed by atoms with E-state index in [0.717, 1.165) is 184 Å². The Balaban J connectivity index is 0.000000269. The van der Waals surface area contributed by atoms with Crippen molar-refractivity contribution in [3.63, 3.8) is 0 Å². The van der Waals surface area contributed by atoms with Gasteiger partial charge in [-0.3, -0.25) is 9.97 Å². The molecule has 5 aromatic heterocycles. The van der Waals surface area contributed by atoms with Gasteiger partial charge >= 0.3 is 0 Å². The topological polar surface area (TPSA) is 212 Å². The number of nitrogens with one attached hydrogen (secondary N) is 1. The van der Waals surface area contributed by atoms with Crippen LogP contribution in [0, 0.1) is 43.2 Å². The maximum atomic E-state index is 6.39. The summed E-state index contributed by atoms with van der Waals surface area (Å²) in [4.78, 5) is 19.7. The summed E-state index contributed by atoms with van der Waals surface area (Å²) in [6, 6.07) is 7.33. The van der Waals surface area contributed by atoms with Crippen LogP contribution in [0.3, 0.4) is 0 Å². The van der Waals surface area contributed by atoms with Crippen LogP contribution in [-0.4, -0.2) is 136 Å². The summed E-state index contributed by atoms with van der Waals surface area (Å²) in [5.41, 5.74) is 20.2. The lowest BCUT2D eigenvalue weighted by molar-refractivity contribution is -0.161. The number of anilines is 2. The van der Waals surface area contributed by atoms with Crippen LogP contribution in [0.15, 0.2) is 92.6 Å². The molecule has 5 saturated heterocycles. The molecule has 5 aliphatic heterocycles. The minimum absolute atomic E-state index is 0.000692. The SMILES string of the molecule is C#CCCOC1CCCCO1.C=CCCBr.C=CCCC#CCCOC1CCCCO1.C=CCCC1=C(CCOC2CCCCO2)c2cnccc2C1.CC#CCCOC1CCCCO1.C[Si](C)(C)c1[nH]c2cc(Cl)nc(Cl)c2c1CCOC1CCCCO1.Nc1cc(Cl)nc(Cl)c1I.Nc1ccncc1I. The number of pyridine rings is 4. The van der Waals surface area contributed by atoms with Crippen LogP contribution in [0.25, 0.3) is 16.5 Å². The van der Waals surface area contributed by atoms with E-state index in [0.29, 0.717) is 59.1 Å². The number of H-pyrrole nitrogens is 1. The molecule has 5 fully saturated rings. The average Bonchev–Trinajstić information content (AvgIpc) is 1.62. The number of fused-ring (bicyclic) bond motifs is 2. The summed E-state index contributed by atoms with van der Waals surface area (Å²) in [6.07, 6.45) is 45.3. The van der Waals surface area contributed by atoms with Crippen LogP contribution in [0.2, 0.25) is 40.3 Å². The normalized spacial score (nSPS) is 18.5. The third-order valence-electron chi connectivity index (χ3n) is 16.7. The number of alkyl halides is 1. The monoisotopic (exact) mass is 1860 g/mol. The molecule has 1 aliphatic carbocycles. The van der Waals surface area contributed by atoms with Crippen molar-refractivity contribution in [2.45, 2.75) is 225 Å².